The molecule has 0 unspecified atom stereocenters. The molecule has 0 aliphatic carbocycles. The van der Waals surface area contributed by atoms with Gasteiger partial charge >= 0.3 is 0 Å². The summed E-state index contributed by atoms with van der Waals surface area (Å²) in [7, 11) is 0. The molecule has 0 heterocycles. The smallest absolute Gasteiger partial charge is 0.243 e. The number of carbonyl (C=O) groups is 1. The topological polar surface area (TPSA) is 32.3 Å². The summed E-state index contributed by atoms with van der Waals surface area (Å²) >= 11 is 0. The van der Waals surface area contributed by atoms with Crippen LogP contribution in [0.2, 0.25) is 0 Å². The van der Waals surface area contributed by atoms with E-state index in [0.717, 1.165) is 11.3 Å². The number of likely N-dealkylation sites (N-methyl/N-ethyl adjacent to an activating group) is 1. The zero-order valence-corrected chi connectivity index (χ0v) is 12.3. The van der Waals surface area contributed by atoms with E-state index in [9.17, 15) is 9.18 Å². The first-order valence-corrected chi connectivity index (χ1v) is 6.96. The maximum Gasteiger partial charge on any atom is 0.243 e. The van der Waals surface area contributed by atoms with Crippen LogP contribution in [-0.2, 0) is 4.79 Å². The van der Waals surface area contributed by atoms with E-state index in [2.05, 4.69) is 5.32 Å². The highest BCUT2D eigenvalue weighted by atomic mass is 19.1. The van der Waals surface area contributed by atoms with E-state index >= 15 is 0 Å². The van der Waals surface area contributed by atoms with Gasteiger partial charge < -0.3 is 10.2 Å². The van der Waals surface area contributed by atoms with E-state index < -0.39 is 5.82 Å². The van der Waals surface area contributed by atoms with Gasteiger partial charge in [-0.25, -0.2) is 4.39 Å². The lowest BCUT2D eigenvalue weighted by Crippen LogP contribution is -2.33. The molecule has 0 bridgehead atoms. The number of para-hydroxylation sites is 1. The second kappa shape index (κ2) is 6.88. The molecule has 0 spiro atoms. The molecule has 2 aromatic rings. The second-order valence-corrected chi connectivity index (χ2v) is 4.88. The van der Waals surface area contributed by atoms with Crippen molar-refractivity contribution in [1.82, 2.24) is 0 Å². The van der Waals surface area contributed by atoms with Crippen LogP contribution in [0, 0.1) is 12.7 Å². The summed E-state index contributed by atoms with van der Waals surface area (Å²) in [5, 5.41) is 2.60. The molecular weight excluding hydrogens is 267 g/mol. The van der Waals surface area contributed by atoms with Crippen LogP contribution in [0.25, 0.3) is 0 Å². The maximum atomic E-state index is 13.5. The Kier molecular flexibility index (Phi) is 4.93. The van der Waals surface area contributed by atoms with Crippen molar-refractivity contribution >= 4 is 17.3 Å². The Balaban J connectivity index is 2.05. The van der Waals surface area contributed by atoms with E-state index in [1.807, 2.05) is 43.0 Å². The molecule has 2 rings (SSSR count). The van der Waals surface area contributed by atoms with Gasteiger partial charge in [-0.05, 0) is 43.7 Å². The summed E-state index contributed by atoms with van der Waals surface area (Å²) < 4.78 is 13.5. The van der Waals surface area contributed by atoms with Gasteiger partial charge in [0.15, 0.2) is 0 Å². The average Bonchev–Trinajstić information content (AvgIpc) is 2.47. The predicted molar refractivity (Wildman–Crippen MR) is 84.1 cm³/mol. The largest absolute Gasteiger partial charge is 0.362 e. The summed E-state index contributed by atoms with van der Waals surface area (Å²) in [6.45, 7) is 4.89. The molecule has 1 N–H and O–H groups in total. The average molecular weight is 286 g/mol. The van der Waals surface area contributed by atoms with Gasteiger partial charge in [0.25, 0.3) is 0 Å². The molecule has 2 aromatic carbocycles. The third kappa shape index (κ3) is 4.05. The first-order valence-electron chi connectivity index (χ1n) is 6.96. The Morgan fingerprint density at radius 1 is 1.19 bits per heavy atom. The highest BCUT2D eigenvalue weighted by Gasteiger charge is 2.11. The summed E-state index contributed by atoms with van der Waals surface area (Å²) in [5.74, 6) is -0.659. The second-order valence-electron chi connectivity index (χ2n) is 4.88. The van der Waals surface area contributed by atoms with Crippen LogP contribution in [0.3, 0.4) is 0 Å². The summed E-state index contributed by atoms with van der Waals surface area (Å²) in [4.78, 5) is 14.0. The van der Waals surface area contributed by atoms with Gasteiger partial charge in [-0.1, -0.05) is 24.3 Å². The number of halogens is 1. The number of amides is 1. The normalized spacial score (nSPS) is 10.2. The fourth-order valence-corrected chi connectivity index (χ4v) is 2.14. The molecule has 21 heavy (non-hydrogen) atoms. The van der Waals surface area contributed by atoms with Crippen molar-refractivity contribution < 1.29 is 9.18 Å². The zero-order chi connectivity index (χ0) is 15.2. The molecule has 1 amide bonds. The van der Waals surface area contributed by atoms with E-state index in [4.69, 9.17) is 0 Å². The van der Waals surface area contributed by atoms with Gasteiger partial charge in [0, 0.05) is 12.2 Å². The Morgan fingerprint density at radius 3 is 2.62 bits per heavy atom. The molecule has 3 nitrogen and oxygen atoms in total. The van der Waals surface area contributed by atoms with E-state index in [1.165, 1.54) is 6.07 Å². The van der Waals surface area contributed by atoms with Crippen LogP contribution >= 0.6 is 0 Å². The maximum absolute atomic E-state index is 13.5. The van der Waals surface area contributed by atoms with Crippen molar-refractivity contribution in [2.45, 2.75) is 13.8 Å². The van der Waals surface area contributed by atoms with Crippen LogP contribution in [0.15, 0.2) is 48.5 Å². The number of anilines is 2. The Bertz CT molecular complexity index is 628. The van der Waals surface area contributed by atoms with Crippen LogP contribution in [0.1, 0.15) is 12.5 Å². The number of hydrogen-bond acceptors (Lipinski definition) is 2. The summed E-state index contributed by atoms with van der Waals surface area (Å²) in [6.07, 6.45) is 0. The molecule has 0 saturated heterocycles. The number of benzene rings is 2. The van der Waals surface area contributed by atoms with Crippen LogP contribution in [0.4, 0.5) is 15.8 Å². The molecule has 4 heteroatoms. The minimum Gasteiger partial charge on any atom is -0.362 e. The van der Waals surface area contributed by atoms with Crippen molar-refractivity contribution in [3.63, 3.8) is 0 Å². The van der Waals surface area contributed by atoms with Crippen molar-refractivity contribution in [1.29, 1.82) is 0 Å². The number of rotatable bonds is 5. The van der Waals surface area contributed by atoms with E-state index in [-0.39, 0.29) is 18.1 Å². The third-order valence-corrected chi connectivity index (χ3v) is 3.23. The molecule has 0 aliphatic rings. The molecular formula is C17H19FN2O. The Morgan fingerprint density at radius 2 is 1.95 bits per heavy atom. The first kappa shape index (κ1) is 15.0. The molecule has 0 aromatic heterocycles. The Hall–Kier alpha value is -2.36. The number of nitrogens with zero attached hydrogens (tertiary/aromatic N) is 1. The van der Waals surface area contributed by atoms with Crippen LogP contribution in [0.5, 0.6) is 0 Å². The molecule has 0 radical (unpaired) electrons. The van der Waals surface area contributed by atoms with Crippen molar-refractivity contribution in [3.05, 3.63) is 59.9 Å². The minimum atomic E-state index is -0.426. The number of carbonyl (C=O) groups excluding carboxylic acids is 1. The molecule has 0 fully saturated rings. The fraction of sp³-hybridized carbons (Fsp3) is 0.235. The zero-order valence-electron chi connectivity index (χ0n) is 12.3. The summed E-state index contributed by atoms with van der Waals surface area (Å²) in [6, 6.07) is 14.1. The monoisotopic (exact) mass is 286 g/mol. The van der Waals surface area contributed by atoms with Crippen molar-refractivity contribution in [2.75, 3.05) is 23.3 Å². The standard InChI is InChI=1S/C17H19FN2O/c1-3-20(14-8-6-7-13(2)11-14)12-17(21)19-16-10-5-4-9-15(16)18/h4-11H,3,12H2,1-2H3,(H,19,21). The van der Waals surface area contributed by atoms with E-state index in [0.29, 0.717) is 6.54 Å². The predicted octanol–water partition coefficient (Wildman–Crippen LogP) is 3.60. The van der Waals surface area contributed by atoms with Crippen LogP contribution < -0.4 is 10.2 Å². The molecule has 110 valence electrons. The lowest BCUT2D eigenvalue weighted by atomic mass is 10.2. The molecule has 0 atom stereocenters. The van der Waals surface area contributed by atoms with Crippen LogP contribution in [-0.4, -0.2) is 19.0 Å². The first-order chi connectivity index (χ1) is 10.1. The quantitative estimate of drug-likeness (QED) is 0.911. The van der Waals surface area contributed by atoms with Crippen molar-refractivity contribution in [2.24, 2.45) is 0 Å². The van der Waals surface area contributed by atoms with Gasteiger partial charge in [-0.15, -0.1) is 0 Å². The number of nitrogens with one attached hydrogen (secondary N) is 1. The Labute approximate surface area is 124 Å². The summed E-state index contributed by atoms with van der Waals surface area (Å²) in [5.41, 5.74) is 2.34. The van der Waals surface area contributed by atoms with Gasteiger partial charge in [0.2, 0.25) is 5.91 Å². The van der Waals surface area contributed by atoms with Gasteiger partial charge in [-0.3, -0.25) is 4.79 Å². The molecule has 0 saturated carbocycles. The SMILES string of the molecule is CCN(CC(=O)Nc1ccccc1F)c1cccc(C)c1. The highest BCUT2D eigenvalue weighted by Crippen LogP contribution is 2.16. The minimum absolute atomic E-state index is 0.189. The van der Waals surface area contributed by atoms with Gasteiger partial charge in [-0.2, -0.15) is 0 Å². The van der Waals surface area contributed by atoms with Gasteiger partial charge in [0.1, 0.15) is 5.82 Å². The third-order valence-electron chi connectivity index (χ3n) is 3.23. The number of aryl methyl sites for hydroxylation is 1. The lowest BCUT2D eigenvalue weighted by Gasteiger charge is -2.23. The van der Waals surface area contributed by atoms with Crippen molar-refractivity contribution in [3.8, 4) is 0 Å². The number of hydrogen-bond donors (Lipinski definition) is 1. The lowest BCUT2D eigenvalue weighted by molar-refractivity contribution is -0.115. The van der Waals surface area contributed by atoms with E-state index in [1.54, 1.807) is 18.2 Å². The van der Waals surface area contributed by atoms with Gasteiger partial charge in [0.05, 0.1) is 12.2 Å². The fourth-order valence-electron chi connectivity index (χ4n) is 2.14. The highest BCUT2D eigenvalue weighted by molar-refractivity contribution is 5.94. The molecule has 0 aliphatic heterocycles.